The number of hydrogen-bond acceptors (Lipinski definition) is 5. The normalized spacial score (nSPS) is 27.8. The van der Waals surface area contributed by atoms with Crippen molar-refractivity contribution in [2.45, 2.75) is 70.1 Å². The minimum atomic E-state index is 0.318. The molecule has 0 radical (unpaired) electrons. The van der Waals surface area contributed by atoms with E-state index in [4.69, 9.17) is 15.7 Å². The van der Waals surface area contributed by atoms with E-state index in [0.717, 1.165) is 38.2 Å². The highest BCUT2D eigenvalue weighted by Gasteiger charge is 2.38. The predicted octanol–water partition coefficient (Wildman–Crippen LogP) is 3.75. The van der Waals surface area contributed by atoms with E-state index in [1.807, 2.05) is 12.1 Å². The van der Waals surface area contributed by atoms with Crippen LogP contribution >= 0.6 is 0 Å². The summed E-state index contributed by atoms with van der Waals surface area (Å²) in [4.78, 5) is 2.68. The molecule has 1 aromatic carbocycles. The van der Waals surface area contributed by atoms with Gasteiger partial charge in [0, 0.05) is 31.3 Å². The molecule has 1 saturated heterocycles. The molecule has 3 N–H and O–H groups in total. The predicted molar refractivity (Wildman–Crippen MR) is 106 cm³/mol. The van der Waals surface area contributed by atoms with E-state index in [1.165, 1.54) is 25.7 Å². The molecule has 26 heavy (non-hydrogen) atoms. The van der Waals surface area contributed by atoms with Gasteiger partial charge >= 0.3 is 0 Å². The van der Waals surface area contributed by atoms with E-state index in [2.05, 4.69) is 30.1 Å². The summed E-state index contributed by atoms with van der Waals surface area (Å²) in [5, 5.41) is 12.6. The van der Waals surface area contributed by atoms with E-state index < -0.39 is 0 Å². The van der Waals surface area contributed by atoms with Gasteiger partial charge in [-0.1, -0.05) is 0 Å². The zero-order valence-corrected chi connectivity index (χ0v) is 16.1. The van der Waals surface area contributed by atoms with Crippen LogP contribution in [0.15, 0.2) is 18.2 Å². The molecule has 0 aromatic heterocycles. The van der Waals surface area contributed by atoms with Gasteiger partial charge in [0.2, 0.25) is 0 Å². The Morgan fingerprint density at radius 2 is 1.96 bits per heavy atom. The van der Waals surface area contributed by atoms with Gasteiger partial charge in [-0.05, 0) is 70.6 Å². The molecule has 1 aliphatic heterocycles. The Morgan fingerprint density at radius 1 is 1.27 bits per heavy atom. The van der Waals surface area contributed by atoms with Gasteiger partial charge in [0.15, 0.2) is 0 Å². The molecule has 142 valence electrons. The van der Waals surface area contributed by atoms with Gasteiger partial charge in [-0.3, -0.25) is 4.90 Å². The molecular weight excluding hydrogens is 324 g/mol. The van der Waals surface area contributed by atoms with Crippen molar-refractivity contribution in [2.24, 2.45) is 0 Å². The van der Waals surface area contributed by atoms with Crippen molar-refractivity contribution in [3.63, 3.8) is 0 Å². The number of nitrogen functional groups attached to an aromatic ring is 1. The largest absolute Gasteiger partial charge is 0.397 e. The Morgan fingerprint density at radius 3 is 2.58 bits per heavy atom. The molecule has 2 fully saturated rings. The third kappa shape index (κ3) is 4.31. The first-order valence-electron chi connectivity index (χ1n) is 9.97. The summed E-state index contributed by atoms with van der Waals surface area (Å²) in [6, 6.07) is 8.05. The fourth-order valence-corrected chi connectivity index (χ4v) is 4.47. The average Bonchev–Trinajstić information content (AvgIpc) is 2.66. The zero-order chi connectivity index (χ0) is 18.6. The number of nitriles is 1. The van der Waals surface area contributed by atoms with E-state index >= 15 is 0 Å². The SMILES string of the molecule is CCOC1CCC(C)(N2CCC(Nc3cc(C#N)ccc3N)CC2)CC1. The number of benzene rings is 1. The Kier molecular flexibility index (Phi) is 6.05. The second kappa shape index (κ2) is 8.28. The number of likely N-dealkylation sites (tertiary alicyclic amines) is 1. The molecule has 5 nitrogen and oxygen atoms in total. The lowest BCUT2D eigenvalue weighted by atomic mass is 9.79. The molecule has 0 bridgehead atoms. The van der Waals surface area contributed by atoms with Gasteiger partial charge in [0.25, 0.3) is 0 Å². The first-order valence-corrected chi connectivity index (χ1v) is 9.97. The van der Waals surface area contributed by atoms with Crippen LogP contribution in [-0.2, 0) is 4.74 Å². The van der Waals surface area contributed by atoms with Crippen molar-refractivity contribution in [1.29, 1.82) is 5.26 Å². The highest BCUT2D eigenvalue weighted by atomic mass is 16.5. The second-order valence-corrected chi connectivity index (χ2v) is 7.97. The monoisotopic (exact) mass is 356 g/mol. The number of nitrogens with zero attached hydrogens (tertiary/aromatic N) is 2. The maximum Gasteiger partial charge on any atom is 0.0992 e. The second-order valence-electron chi connectivity index (χ2n) is 7.97. The van der Waals surface area contributed by atoms with E-state index in [-0.39, 0.29) is 0 Å². The van der Waals surface area contributed by atoms with Crippen molar-refractivity contribution >= 4 is 11.4 Å². The topological polar surface area (TPSA) is 74.3 Å². The molecule has 1 saturated carbocycles. The van der Waals surface area contributed by atoms with Crippen LogP contribution in [0.1, 0.15) is 57.9 Å². The van der Waals surface area contributed by atoms with Crippen LogP contribution in [0.5, 0.6) is 0 Å². The zero-order valence-electron chi connectivity index (χ0n) is 16.1. The molecule has 3 rings (SSSR count). The van der Waals surface area contributed by atoms with E-state index in [0.29, 0.717) is 28.9 Å². The van der Waals surface area contributed by atoms with Gasteiger partial charge in [-0.15, -0.1) is 0 Å². The summed E-state index contributed by atoms with van der Waals surface area (Å²) in [6.07, 6.45) is 7.50. The summed E-state index contributed by atoms with van der Waals surface area (Å²) < 4.78 is 5.81. The van der Waals surface area contributed by atoms with Gasteiger partial charge in [0.05, 0.1) is 29.1 Å². The molecule has 0 unspecified atom stereocenters. The van der Waals surface area contributed by atoms with Crippen LogP contribution in [-0.4, -0.2) is 42.3 Å². The summed E-state index contributed by atoms with van der Waals surface area (Å²) in [6.45, 7) is 7.58. The van der Waals surface area contributed by atoms with Crippen molar-refractivity contribution in [1.82, 2.24) is 4.90 Å². The van der Waals surface area contributed by atoms with Crippen LogP contribution in [0.2, 0.25) is 0 Å². The maximum atomic E-state index is 9.08. The lowest BCUT2D eigenvalue weighted by Gasteiger charge is -2.48. The quantitative estimate of drug-likeness (QED) is 0.786. The molecule has 0 spiro atoms. The van der Waals surface area contributed by atoms with Crippen LogP contribution in [0.3, 0.4) is 0 Å². The molecule has 1 heterocycles. The van der Waals surface area contributed by atoms with Gasteiger partial charge in [-0.25, -0.2) is 0 Å². The minimum Gasteiger partial charge on any atom is -0.397 e. The van der Waals surface area contributed by atoms with Gasteiger partial charge in [-0.2, -0.15) is 5.26 Å². The minimum absolute atomic E-state index is 0.318. The first-order chi connectivity index (χ1) is 12.5. The van der Waals surface area contributed by atoms with Crippen LogP contribution in [0.25, 0.3) is 0 Å². The molecule has 2 aliphatic rings. The average molecular weight is 357 g/mol. The fourth-order valence-electron chi connectivity index (χ4n) is 4.47. The van der Waals surface area contributed by atoms with Crippen molar-refractivity contribution in [2.75, 3.05) is 30.7 Å². The van der Waals surface area contributed by atoms with Crippen molar-refractivity contribution in [3.8, 4) is 6.07 Å². The van der Waals surface area contributed by atoms with Crippen molar-refractivity contribution in [3.05, 3.63) is 23.8 Å². The Balaban J connectivity index is 1.52. The van der Waals surface area contributed by atoms with E-state index in [9.17, 15) is 0 Å². The third-order valence-corrected chi connectivity index (χ3v) is 6.21. The molecular formula is C21H32N4O. The summed E-state index contributed by atoms with van der Waals surface area (Å²) >= 11 is 0. The van der Waals surface area contributed by atoms with Crippen LogP contribution < -0.4 is 11.1 Å². The standard InChI is InChI=1S/C21H32N4O/c1-3-26-18-6-10-21(2,11-7-18)25-12-8-17(9-13-25)24-20-14-16(15-22)4-5-19(20)23/h4-5,14,17-18,24H,3,6-13,23H2,1-2H3. The number of rotatable bonds is 5. The summed E-state index contributed by atoms with van der Waals surface area (Å²) in [5.41, 5.74) is 8.65. The number of hydrogen-bond donors (Lipinski definition) is 2. The Bertz CT molecular complexity index is 638. The maximum absolute atomic E-state index is 9.08. The summed E-state index contributed by atoms with van der Waals surface area (Å²) in [5.74, 6) is 0. The molecule has 5 heteroatoms. The number of piperidine rings is 1. The van der Waals surface area contributed by atoms with E-state index in [1.54, 1.807) is 6.07 Å². The number of anilines is 2. The first kappa shape index (κ1) is 19.0. The van der Waals surface area contributed by atoms with Gasteiger partial charge in [0.1, 0.15) is 0 Å². The van der Waals surface area contributed by atoms with Crippen LogP contribution in [0, 0.1) is 11.3 Å². The Labute approximate surface area is 157 Å². The smallest absolute Gasteiger partial charge is 0.0992 e. The Hall–Kier alpha value is -1.77. The molecule has 0 amide bonds. The lowest BCUT2D eigenvalue weighted by Crippen LogP contribution is -2.53. The fraction of sp³-hybridized carbons (Fsp3) is 0.667. The third-order valence-electron chi connectivity index (χ3n) is 6.21. The van der Waals surface area contributed by atoms with Gasteiger partial charge < -0.3 is 15.8 Å². The number of ether oxygens (including phenoxy) is 1. The number of nitrogens with two attached hydrogens (primary N) is 1. The number of nitrogens with one attached hydrogen (secondary N) is 1. The molecule has 1 aliphatic carbocycles. The highest BCUT2D eigenvalue weighted by Crippen LogP contribution is 2.36. The highest BCUT2D eigenvalue weighted by molar-refractivity contribution is 5.68. The van der Waals surface area contributed by atoms with Crippen LogP contribution in [0.4, 0.5) is 11.4 Å². The molecule has 1 aromatic rings. The lowest BCUT2D eigenvalue weighted by molar-refractivity contribution is -0.0242. The molecule has 0 atom stereocenters. The van der Waals surface area contributed by atoms with Crippen molar-refractivity contribution < 1.29 is 4.74 Å². The summed E-state index contributed by atoms with van der Waals surface area (Å²) in [7, 11) is 0.